The molecule has 7 nitrogen and oxygen atoms in total. The van der Waals surface area contributed by atoms with Crippen LogP contribution >= 0.6 is 11.6 Å². The van der Waals surface area contributed by atoms with Gasteiger partial charge in [0, 0.05) is 5.56 Å². The summed E-state index contributed by atoms with van der Waals surface area (Å²) in [5.74, 6) is -1.25. The molecule has 0 aliphatic heterocycles. The number of hydrogen-bond donors (Lipinski definition) is 1. The minimum absolute atomic E-state index is 0.0888. The van der Waals surface area contributed by atoms with Crippen LogP contribution in [0.1, 0.15) is 34.6 Å². The lowest BCUT2D eigenvalue weighted by Gasteiger charge is -2.15. The van der Waals surface area contributed by atoms with Crippen LogP contribution in [0.5, 0.6) is 11.5 Å². The van der Waals surface area contributed by atoms with E-state index >= 15 is 0 Å². The zero-order valence-corrected chi connectivity index (χ0v) is 17.1. The maximum absolute atomic E-state index is 12.3. The number of halogens is 1. The highest BCUT2D eigenvalue weighted by atomic mass is 35.5. The van der Waals surface area contributed by atoms with Crippen molar-refractivity contribution < 1.29 is 28.6 Å². The van der Waals surface area contributed by atoms with Gasteiger partial charge in [-0.05, 0) is 30.2 Å². The van der Waals surface area contributed by atoms with Crippen LogP contribution in [0.2, 0.25) is 5.02 Å². The van der Waals surface area contributed by atoms with Gasteiger partial charge in [0.1, 0.15) is 0 Å². The smallest absolute Gasteiger partial charge is 0.338 e. The van der Waals surface area contributed by atoms with Crippen molar-refractivity contribution in [2.45, 2.75) is 13.8 Å². The number of rotatable bonds is 8. The Morgan fingerprint density at radius 2 is 1.76 bits per heavy atom. The van der Waals surface area contributed by atoms with Crippen LogP contribution in [-0.2, 0) is 9.53 Å². The highest BCUT2D eigenvalue weighted by Crippen LogP contribution is 2.36. The maximum Gasteiger partial charge on any atom is 0.338 e. The predicted molar refractivity (Wildman–Crippen MR) is 108 cm³/mol. The van der Waals surface area contributed by atoms with Crippen LogP contribution in [0.3, 0.4) is 0 Å². The Kier molecular flexibility index (Phi) is 8.03. The van der Waals surface area contributed by atoms with Crippen LogP contribution in [-0.4, -0.2) is 38.1 Å². The third-order valence-electron chi connectivity index (χ3n) is 3.65. The van der Waals surface area contributed by atoms with Crippen LogP contribution in [0.4, 0.5) is 0 Å². The Morgan fingerprint density at radius 3 is 2.38 bits per heavy atom. The summed E-state index contributed by atoms with van der Waals surface area (Å²) in [6, 6.07) is 11.0. The number of amides is 2. The van der Waals surface area contributed by atoms with Gasteiger partial charge in [-0.2, -0.15) is 0 Å². The van der Waals surface area contributed by atoms with Gasteiger partial charge in [-0.25, -0.2) is 4.79 Å². The molecule has 0 atom stereocenters. The van der Waals surface area contributed by atoms with Crippen molar-refractivity contribution in [2.75, 3.05) is 20.3 Å². The molecule has 0 aliphatic carbocycles. The molecular weight excluding hydrogens is 398 g/mol. The molecule has 1 N–H and O–H groups in total. The lowest BCUT2D eigenvalue weighted by Crippen LogP contribution is -2.34. The van der Waals surface area contributed by atoms with Crippen molar-refractivity contribution >= 4 is 29.4 Å². The maximum atomic E-state index is 12.3. The zero-order chi connectivity index (χ0) is 21.4. The number of ether oxygens (including phenoxy) is 3. The number of nitrogens with one attached hydrogen (secondary N) is 1. The summed E-state index contributed by atoms with van der Waals surface area (Å²) >= 11 is 6.20. The molecule has 0 aromatic heterocycles. The Bertz CT molecular complexity index is 882. The number of carbonyl (C=O) groups is 3. The molecule has 154 valence electrons. The first-order valence-electron chi connectivity index (χ1n) is 8.88. The normalized spacial score (nSPS) is 10.4. The van der Waals surface area contributed by atoms with Crippen molar-refractivity contribution in [3.8, 4) is 11.5 Å². The van der Waals surface area contributed by atoms with Gasteiger partial charge in [0.25, 0.3) is 11.8 Å². The Hall–Kier alpha value is -3.06. The molecule has 0 bridgehead atoms. The van der Waals surface area contributed by atoms with Gasteiger partial charge in [-0.15, -0.1) is 0 Å². The Labute approximate surface area is 173 Å². The third-order valence-corrected chi connectivity index (χ3v) is 3.93. The number of methoxy groups -OCH3 is 1. The van der Waals surface area contributed by atoms with Crippen LogP contribution in [0.25, 0.3) is 0 Å². The molecule has 0 fully saturated rings. The van der Waals surface area contributed by atoms with E-state index in [0.29, 0.717) is 17.9 Å². The van der Waals surface area contributed by atoms with Gasteiger partial charge in [0.05, 0.1) is 24.3 Å². The molecule has 2 aromatic rings. The summed E-state index contributed by atoms with van der Waals surface area (Å²) in [5.41, 5.74) is 0.409. The summed E-state index contributed by atoms with van der Waals surface area (Å²) in [7, 11) is 1.42. The summed E-state index contributed by atoms with van der Waals surface area (Å²) in [5, 5.41) is 2.33. The third kappa shape index (κ3) is 6.50. The molecule has 2 aromatic carbocycles. The van der Waals surface area contributed by atoms with Crippen molar-refractivity contribution in [3.63, 3.8) is 0 Å². The average Bonchev–Trinajstić information content (AvgIpc) is 2.70. The van der Waals surface area contributed by atoms with E-state index in [1.807, 2.05) is 13.8 Å². The van der Waals surface area contributed by atoms with E-state index in [4.69, 9.17) is 25.8 Å². The molecule has 8 heteroatoms. The van der Waals surface area contributed by atoms with Gasteiger partial charge in [0.2, 0.25) is 0 Å². The molecule has 29 heavy (non-hydrogen) atoms. The first kappa shape index (κ1) is 22.2. The highest BCUT2D eigenvalue weighted by molar-refractivity contribution is 6.32. The first-order valence-corrected chi connectivity index (χ1v) is 9.26. The van der Waals surface area contributed by atoms with Crippen molar-refractivity contribution in [3.05, 3.63) is 58.6 Å². The molecular formula is C21H22ClNO6. The molecule has 0 saturated carbocycles. The quantitative estimate of drug-likeness (QED) is 0.658. The molecule has 0 radical (unpaired) electrons. The predicted octanol–water partition coefficient (Wildman–Crippen LogP) is 3.50. The minimum atomic E-state index is -0.789. The fraction of sp³-hybridized carbons (Fsp3) is 0.286. The number of esters is 1. The lowest BCUT2D eigenvalue weighted by molar-refractivity contribution is -0.123. The number of carbonyl (C=O) groups excluding carboxylic acids is 3. The van der Waals surface area contributed by atoms with Gasteiger partial charge in [-0.3, -0.25) is 14.9 Å². The molecule has 0 spiro atoms. The van der Waals surface area contributed by atoms with Crippen molar-refractivity contribution in [1.82, 2.24) is 5.32 Å². The van der Waals surface area contributed by atoms with E-state index in [1.54, 1.807) is 30.3 Å². The molecule has 0 heterocycles. The summed E-state index contributed by atoms with van der Waals surface area (Å²) in [4.78, 5) is 36.1. The first-order chi connectivity index (χ1) is 13.8. The van der Waals surface area contributed by atoms with E-state index in [9.17, 15) is 14.4 Å². The average molecular weight is 420 g/mol. The monoisotopic (exact) mass is 419 g/mol. The summed E-state index contributed by atoms with van der Waals surface area (Å²) in [6.07, 6.45) is 0. The molecule has 2 amide bonds. The van der Waals surface area contributed by atoms with Crippen molar-refractivity contribution in [1.29, 1.82) is 0 Å². The highest BCUT2D eigenvalue weighted by Gasteiger charge is 2.19. The summed E-state index contributed by atoms with van der Waals surface area (Å²) < 4.78 is 15.8. The van der Waals surface area contributed by atoms with E-state index in [0.717, 1.165) is 0 Å². The fourth-order valence-electron chi connectivity index (χ4n) is 2.27. The number of hydrogen-bond acceptors (Lipinski definition) is 6. The van der Waals surface area contributed by atoms with E-state index in [-0.39, 0.29) is 22.3 Å². The standard InChI is InChI=1S/C21H22ClNO6/c1-13(2)11-28-19-16(22)9-15(10-17(19)27-3)21(26)29-12-18(24)23-20(25)14-7-5-4-6-8-14/h4-10,13H,11-12H2,1-3H3,(H,23,24,25). The zero-order valence-electron chi connectivity index (χ0n) is 16.4. The van der Waals surface area contributed by atoms with Crippen LogP contribution < -0.4 is 14.8 Å². The fourth-order valence-corrected chi connectivity index (χ4v) is 2.53. The van der Waals surface area contributed by atoms with E-state index in [1.165, 1.54) is 19.2 Å². The summed E-state index contributed by atoms with van der Waals surface area (Å²) in [6.45, 7) is 3.78. The molecule has 0 unspecified atom stereocenters. The number of benzene rings is 2. The van der Waals surface area contributed by atoms with E-state index < -0.39 is 24.4 Å². The van der Waals surface area contributed by atoms with Gasteiger partial charge in [-0.1, -0.05) is 43.6 Å². The minimum Gasteiger partial charge on any atom is -0.493 e. The molecule has 0 saturated heterocycles. The SMILES string of the molecule is COc1cc(C(=O)OCC(=O)NC(=O)c2ccccc2)cc(Cl)c1OCC(C)C. The topological polar surface area (TPSA) is 90.9 Å². The van der Waals surface area contributed by atoms with E-state index in [2.05, 4.69) is 5.32 Å². The second-order valence-corrected chi connectivity index (χ2v) is 6.92. The lowest BCUT2D eigenvalue weighted by atomic mass is 10.2. The molecule has 0 aliphatic rings. The van der Waals surface area contributed by atoms with Gasteiger partial charge >= 0.3 is 5.97 Å². The second-order valence-electron chi connectivity index (χ2n) is 6.51. The van der Waals surface area contributed by atoms with Crippen LogP contribution in [0.15, 0.2) is 42.5 Å². The van der Waals surface area contributed by atoms with Crippen molar-refractivity contribution in [2.24, 2.45) is 5.92 Å². The Morgan fingerprint density at radius 1 is 1.07 bits per heavy atom. The largest absolute Gasteiger partial charge is 0.493 e. The number of imide groups is 1. The Balaban J connectivity index is 1.98. The molecule has 2 rings (SSSR count). The van der Waals surface area contributed by atoms with Gasteiger partial charge < -0.3 is 14.2 Å². The second kappa shape index (κ2) is 10.5. The van der Waals surface area contributed by atoms with Gasteiger partial charge in [0.15, 0.2) is 18.1 Å². The van der Waals surface area contributed by atoms with Crippen LogP contribution in [0, 0.1) is 5.92 Å².